The number of rotatable bonds is 5. The molecular formula is C12H13F2N3O. The minimum atomic E-state index is -2.53. The maximum Gasteiger partial charge on any atom is 0.272 e. The lowest BCUT2D eigenvalue weighted by Gasteiger charge is -2.10. The maximum absolute atomic E-state index is 12.2. The van der Waals surface area contributed by atoms with Gasteiger partial charge in [-0.25, -0.2) is 13.8 Å². The van der Waals surface area contributed by atoms with Crippen LogP contribution in [0.1, 0.15) is 6.92 Å². The summed E-state index contributed by atoms with van der Waals surface area (Å²) in [7, 11) is 0. The molecule has 6 heteroatoms. The Labute approximate surface area is 103 Å². The van der Waals surface area contributed by atoms with E-state index in [1.807, 2.05) is 13.0 Å². The van der Waals surface area contributed by atoms with Gasteiger partial charge in [0, 0.05) is 6.54 Å². The minimum Gasteiger partial charge on any atom is -0.471 e. The highest BCUT2D eigenvalue weighted by atomic mass is 19.3. The van der Waals surface area contributed by atoms with E-state index in [4.69, 9.17) is 4.74 Å². The average Bonchev–Trinajstić information content (AvgIpc) is 2.36. The molecule has 96 valence electrons. The summed E-state index contributed by atoms with van der Waals surface area (Å²) in [5.41, 5.74) is 0.660. The van der Waals surface area contributed by atoms with Gasteiger partial charge in [-0.05, 0) is 19.1 Å². The Hall–Kier alpha value is -1.98. The summed E-state index contributed by atoms with van der Waals surface area (Å²) in [6, 6.07) is 7.13. The van der Waals surface area contributed by atoms with Crippen molar-refractivity contribution in [3.63, 3.8) is 0 Å². The van der Waals surface area contributed by atoms with Gasteiger partial charge in [-0.15, -0.1) is 0 Å². The third-order valence-electron chi connectivity index (χ3n) is 2.25. The molecule has 4 nitrogen and oxygen atoms in total. The summed E-state index contributed by atoms with van der Waals surface area (Å²) < 4.78 is 29.4. The van der Waals surface area contributed by atoms with Crippen LogP contribution in [0.25, 0.3) is 10.9 Å². The van der Waals surface area contributed by atoms with E-state index in [0.29, 0.717) is 23.4 Å². The lowest BCUT2D eigenvalue weighted by Crippen LogP contribution is -2.10. The number of para-hydroxylation sites is 1. The van der Waals surface area contributed by atoms with Gasteiger partial charge in [0.2, 0.25) is 11.8 Å². The standard InChI is InChI=1S/C12H13F2N3O/c1-2-15-12-16-9-6-4-3-5-8(9)11(17-12)18-7-10(13)14/h3-6,10H,2,7H2,1H3,(H,15,16,17). The first kappa shape index (κ1) is 12.5. The Kier molecular flexibility index (Phi) is 3.86. The SMILES string of the molecule is CCNc1nc(OCC(F)F)c2ccccc2n1. The highest BCUT2D eigenvalue weighted by molar-refractivity contribution is 5.84. The lowest BCUT2D eigenvalue weighted by molar-refractivity contribution is 0.0804. The molecule has 0 radical (unpaired) electrons. The van der Waals surface area contributed by atoms with Crippen LogP contribution in [0.4, 0.5) is 14.7 Å². The van der Waals surface area contributed by atoms with E-state index < -0.39 is 13.0 Å². The monoisotopic (exact) mass is 253 g/mol. The van der Waals surface area contributed by atoms with Crippen LogP contribution in [0, 0.1) is 0 Å². The zero-order valence-corrected chi connectivity index (χ0v) is 9.86. The largest absolute Gasteiger partial charge is 0.471 e. The van der Waals surface area contributed by atoms with Crippen molar-refractivity contribution in [3.8, 4) is 5.88 Å². The molecule has 0 aliphatic heterocycles. The number of halogens is 2. The molecule has 18 heavy (non-hydrogen) atoms. The number of hydrogen-bond donors (Lipinski definition) is 1. The number of fused-ring (bicyclic) bond motifs is 1. The second-order valence-corrected chi connectivity index (χ2v) is 3.60. The van der Waals surface area contributed by atoms with Gasteiger partial charge in [0.15, 0.2) is 6.61 Å². The molecule has 0 spiro atoms. The molecule has 1 N–H and O–H groups in total. The first-order valence-corrected chi connectivity index (χ1v) is 5.62. The predicted octanol–water partition coefficient (Wildman–Crippen LogP) is 2.71. The van der Waals surface area contributed by atoms with Crippen LogP contribution in [0.15, 0.2) is 24.3 Å². The number of anilines is 1. The minimum absolute atomic E-state index is 0.178. The van der Waals surface area contributed by atoms with Crippen LogP contribution >= 0.6 is 0 Å². The van der Waals surface area contributed by atoms with Gasteiger partial charge in [-0.1, -0.05) is 12.1 Å². The number of alkyl halides is 2. The molecule has 1 aromatic heterocycles. The summed E-state index contributed by atoms with van der Waals surface area (Å²) in [6.45, 7) is 1.87. The van der Waals surface area contributed by atoms with E-state index in [1.54, 1.807) is 18.2 Å². The Morgan fingerprint density at radius 3 is 2.78 bits per heavy atom. The maximum atomic E-state index is 12.2. The molecule has 0 bridgehead atoms. The molecule has 1 aromatic carbocycles. The normalized spacial score (nSPS) is 10.9. The van der Waals surface area contributed by atoms with Gasteiger partial charge >= 0.3 is 0 Å². The quantitative estimate of drug-likeness (QED) is 0.890. The molecule has 0 amide bonds. The highest BCUT2D eigenvalue weighted by Crippen LogP contribution is 2.24. The number of hydrogen-bond acceptors (Lipinski definition) is 4. The van der Waals surface area contributed by atoms with Crippen LogP contribution in [-0.2, 0) is 0 Å². The second kappa shape index (κ2) is 5.57. The Morgan fingerprint density at radius 1 is 1.28 bits per heavy atom. The zero-order chi connectivity index (χ0) is 13.0. The molecule has 2 rings (SSSR count). The van der Waals surface area contributed by atoms with Gasteiger partial charge in [0.05, 0.1) is 10.9 Å². The van der Waals surface area contributed by atoms with Crippen LogP contribution in [0.3, 0.4) is 0 Å². The van der Waals surface area contributed by atoms with Gasteiger partial charge < -0.3 is 10.1 Å². The Morgan fingerprint density at radius 2 is 2.06 bits per heavy atom. The van der Waals surface area contributed by atoms with E-state index in [-0.39, 0.29) is 5.88 Å². The fourth-order valence-corrected chi connectivity index (χ4v) is 1.54. The van der Waals surface area contributed by atoms with Crippen molar-refractivity contribution in [1.29, 1.82) is 0 Å². The highest BCUT2D eigenvalue weighted by Gasteiger charge is 2.10. The molecule has 2 aromatic rings. The molecule has 0 saturated carbocycles. The van der Waals surface area contributed by atoms with E-state index in [1.165, 1.54) is 0 Å². The summed E-state index contributed by atoms with van der Waals surface area (Å²) in [5, 5.41) is 3.56. The van der Waals surface area contributed by atoms with Crippen molar-refractivity contribution in [2.75, 3.05) is 18.5 Å². The van der Waals surface area contributed by atoms with E-state index >= 15 is 0 Å². The third-order valence-corrected chi connectivity index (χ3v) is 2.25. The molecule has 0 atom stereocenters. The van der Waals surface area contributed by atoms with Crippen LogP contribution in [0.5, 0.6) is 5.88 Å². The van der Waals surface area contributed by atoms with Gasteiger partial charge in [0.1, 0.15) is 0 Å². The van der Waals surface area contributed by atoms with Crippen molar-refractivity contribution in [1.82, 2.24) is 9.97 Å². The fraction of sp³-hybridized carbons (Fsp3) is 0.333. The number of ether oxygens (including phenoxy) is 1. The van der Waals surface area contributed by atoms with E-state index in [0.717, 1.165) is 0 Å². The smallest absolute Gasteiger partial charge is 0.272 e. The van der Waals surface area contributed by atoms with Crippen molar-refractivity contribution in [2.45, 2.75) is 13.3 Å². The number of nitrogens with zero attached hydrogens (tertiary/aromatic N) is 2. The summed E-state index contributed by atoms with van der Waals surface area (Å²) in [5.74, 6) is 0.553. The Balaban J connectivity index is 2.40. The number of benzene rings is 1. The van der Waals surface area contributed by atoms with Crippen molar-refractivity contribution in [3.05, 3.63) is 24.3 Å². The molecule has 0 aliphatic rings. The molecule has 0 fully saturated rings. The summed E-state index contributed by atoms with van der Waals surface area (Å²) in [6.07, 6.45) is -2.53. The van der Waals surface area contributed by atoms with Crippen molar-refractivity contribution >= 4 is 16.9 Å². The Bertz CT molecular complexity index is 534. The second-order valence-electron chi connectivity index (χ2n) is 3.60. The molecule has 0 unspecified atom stereocenters. The fourth-order valence-electron chi connectivity index (χ4n) is 1.54. The van der Waals surface area contributed by atoms with E-state index in [2.05, 4.69) is 15.3 Å². The number of aromatic nitrogens is 2. The average molecular weight is 253 g/mol. The lowest BCUT2D eigenvalue weighted by atomic mass is 10.2. The van der Waals surface area contributed by atoms with E-state index in [9.17, 15) is 8.78 Å². The van der Waals surface area contributed by atoms with Crippen molar-refractivity contribution < 1.29 is 13.5 Å². The van der Waals surface area contributed by atoms with Gasteiger partial charge in [-0.2, -0.15) is 4.98 Å². The zero-order valence-electron chi connectivity index (χ0n) is 9.86. The van der Waals surface area contributed by atoms with Gasteiger partial charge in [0.25, 0.3) is 6.43 Å². The topological polar surface area (TPSA) is 47.0 Å². The summed E-state index contributed by atoms with van der Waals surface area (Å²) in [4.78, 5) is 8.35. The predicted molar refractivity (Wildman–Crippen MR) is 65.2 cm³/mol. The van der Waals surface area contributed by atoms with Crippen LogP contribution in [-0.4, -0.2) is 29.5 Å². The van der Waals surface area contributed by atoms with Crippen molar-refractivity contribution in [2.24, 2.45) is 0 Å². The van der Waals surface area contributed by atoms with Crippen LogP contribution in [0.2, 0.25) is 0 Å². The first-order chi connectivity index (χ1) is 8.70. The number of nitrogens with one attached hydrogen (secondary N) is 1. The summed E-state index contributed by atoms with van der Waals surface area (Å²) >= 11 is 0. The van der Waals surface area contributed by atoms with Crippen LogP contribution < -0.4 is 10.1 Å². The molecule has 0 saturated heterocycles. The third kappa shape index (κ3) is 2.82. The molecule has 1 heterocycles. The van der Waals surface area contributed by atoms with Gasteiger partial charge in [-0.3, -0.25) is 0 Å². The molecule has 0 aliphatic carbocycles. The molecular weight excluding hydrogens is 240 g/mol. The first-order valence-electron chi connectivity index (χ1n) is 5.62.